The summed E-state index contributed by atoms with van der Waals surface area (Å²) in [5, 5.41) is 3.67. The molecule has 0 aliphatic carbocycles. The number of anilines is 1. The molecule has 0 saturated carbocycles. The largest absolute Gasteiger partial charge is 0.496 e. The van der Waals surface area contributed by atoms with Crippen LogP contribution in [0, 0.1) is 0 Å². The van der Waals surface area contributed by atoms with Crippen molar-refractivity contribution in [1.82, 2.24) is 0 Å². The predicted molar refractivity (Wildman–Crippen MR) is 91.7 cm³/mol. The topological polar surface area (TPSA) is 55.4 Å². The second-order valence-electron chi connectivity index (χ2n) is 4.83. The Morgan fingerprint density at radius 3 is 2.48 bits per heavy atom. The molecule has 0 bridgehead atoms. The Morgan fingerprint density at radius 2 is 1.78 bits per heavy atom. The SMILES string of the molecule is COc1ccc(Cl)cc1C(=O)CCC(=O)Nc1cccc(Cl)c1. The molecule has 6 heteroatoms. The van der Waals surface area contributed by atoms with E-state index in [1.54, 1.807) is 36.4 Å². The average molecular weight is 352 g/mol. The third kappa shape index (κ3) is 4.98. The molecule has 2 aromatic rings. The highest BCUT2D eigenvalue weighted by molar-refractivity contribution is 6.31. The number of Topliss-reactive ketones (excluding diaryl/α,β-unsaturated/α-hetero) is 1. The number of carbonyl (C=O) groups excluding carboxylic acids is 2. The van der Waals surface area contributed by atoms with Crippen LogP contribution >= 0.6 is 23.2 Å². The first kappa shape index (κ1) is 17.3. The van der Waals surface area contributed by atoms with Gasteiger partial charge in [0.05, 0.1) is 12.7 Å². The van der Waals surface area contributed by atoms with Crippen LogP contribution in [0.4, 0.5) is 5.69 Å². The van der Waals surface area contributed by atoms with E-state index in [9.17, 15) is 9.59 Å². The zero-order valence-electron chi connectivity index (χ0n) is 12.4. The number of hydrogen-bond acceptors (Lipinski definition) is 3. The van der Waals surface area contributed by atoms with E-state index >= 15 is 0 Å². The molecule has 1 N–H and O–H groups in total. The molecule has 0 heterocycles. The number of rotatable bonds is 6. The van der Waals surface area contributed by atoms with Crippen molar-refractivity contribution in [3.8, 4) is 5.75 Å². The van der Waals surface area contributed by atoms with Crippen LogP contribution in [0.1, 0.15) is 23.2 Å². The molecule has 2 rings (SSSR count). The lowest BCUT2D eigenvalue weighted by Crippen LogP contribution is -2.13. The van der Waals surface area contributed by atoms with Crippen LogP contribution in [-0.4, -0.2) is 18.8 Å². The maximum atomic E-state index is 12.2. The second kappa shape index (κ2) is 7.99. The van der Waals surface area contributed by atoms with Crippen molar-refractivity contribution in [2.24, 2.45) is 0 Å². The summed E-state index contributed by atoms with van der Waals surface area (Å²) >= 11 is 11.8. The number of nitrogens with one attached hydrogen (secondary N) is 1. The zero-order valence-corrected chi connectivity index (χ0v) is 13.9. The number of hydrogen-bond donors (Lipinski definition) is 1. The lowest BCUT2D eigenvalue weighted by atomic mass is 10.1. The summed E-state index contributed by atoms with van der Waals surface area (Å²) in [5.41, 5.74) is 0.964. The molecule has 4 nitrogen and oxygen atoms in total. The summed E-state index contributed by atoms with van der Waals surface area (Å²) in [5.74, 6) is -0.0261. The highest BCUT2D eigenvalue weighted by atomic mass is 35.5. The summed E-state index contributed by atoms with van der Waals surface area (Å²) in [6.45, 7) is 0. The molecule has 0 atom stereocenters. The van der Waals surface area contributed by atoms with Gasteiger partial charge in [0.25, 0.3) is 0 Å². The number of benzene rings is 2. The van der Waals surface area contributed by atoms with Gasteiger partial charge in [0.15, 0.2) is 5.78 Å². The number of amides is 1. The van der Waals surface area contributed by atoms with Crippen molar-refractivity contribution in [3.05, 3.63) is 58.1 Å². The van der Waals surface area contributed by atoms with E-state index in [4.69, 9.17) is 27.9 Å². The van der Waals surface area contributed by atoms with Gasteiger partial charge in [-0.05, 0) is 36.4 Å². The molecular formula is C17H15Cl2NO3. The fourth-order valence-electron chi connectivity index (χ4n) is 2.05. The minimum Gasteiger partial charge on any atom is -0.496 e. The molecule has 1 amide bonds. The molecule has 2 aromatic carbocycles. The Morgan fingerprint density at radius 1 is 1.04 bits per heavy atom. The van der Waals surface area contributed by atoms with Crippen LogP contribution in [0.15, 0.2) is 42.5 Å². The quantitative estimate of drug-likeness (QED) is 0.773. The van der Waals surface area contributed by atoms with E-state index in [1.165, 1.54) is 13.2 Å². The highest BCUT2D eigenvalue weighted by Gasteiger charge is 2.14. The second-order valence-corrected chi connectivity index (χ2v) is 5.70. The Labute approximate surface area is 144 Å². The van der Waals surface area contributed by atoms with Crippen LogP contribution in [0.2, 0.25) is 10.0 Å². The van der Waals surface area contributed by atoms with Gasteiger partial charge in [-0.1, -0.05) is 29.3 Å². The molecule has 0 spiro atoms. The smallest absolute Gasteiger partial charge is 0.224 e. The van der Waals surface area contributed by atoms with E-state index < -0.39 is 0 Å². The third-order valence-electron chi connectivity index (χ3n) is 3.15. The van der Waals surface area contributed by atoms with Crippen LogP contribution in [-0.2, 0) is 4.79 Å². The van der Waals surface area contributed by atoms with Gasteiger partial charge in [0.2, 0.25) is 5.91 Å². The molecule has 0 fully saturated rings. The lowest BCUT2D eigenvalue weighted by molar-refractivity contribution is -0.116. The van der Waals surface area contributed by atoms with Gasteiger partial charge in [-0.25, -0.2) is 0 Å². The Balaban J connectivity index is 1.96. The molecule has 0 radical (unpaired) electrons. The first-order valence-electron chi connectivity index (χ1n) is 6.92. The Bertz CT molecular complexity index is 732. The van der Waals surface area contributed by atoms with Crippen LogP contribution in [0.25, 0.3) is 0 Å². The predicted octanol–water partition coefficient (Wildman–Crippen LogP) is 4.60. The van der Waals surface area contributed by atoms with E-state index in [2.05, 4.69) is 5.32 Å². The summed E-state index contributed by atoms with van der Waals surface area (Å²) in [6.07, 6.45) is 0.115. The Kier molecular flexibility index (Phi) is 6.02. The first-order valence-corrected chi connectivity index (χ1v) is 7.67. The van der Waals surface area contributed by atoms with Crippen LogP contribution in [0.5, 0.6) is 5.75 Å². The fraction of sp³-hybridized carbons (Fsp3) is 0.176. The number of halogens is 2. The van der Waals surface area contributed by atoms with E-state index in [-0.39, 0.29) is 24.5 Å². The summed E-state index contributed by atoms with van der Waals surface area (Å²) in [7, 11) is 1.48. The Hall–Kier alpha value is -2.04. The van der Waals surface area contributed by atoms with E-state index in [0.29, 0.717) is 27.0 Å². The van der Waals surface area contributed by atoms with Crippen molar-refractivity contribution < 1.29 is 14.3 Å². The minimum atomic E-state index is -0.262. The summed E-state index contributed by atoms with van der Waals surface area (Å²) in [6, 6.07) is 11.6. The van der Waals surface area contributed by atoms with Gasteiger partial charge in [0, 0.05) is 28.6 Å². The minimum absolute atomic E-state index is 0.0566. The van der Waals surface area contributed by atoms with Crippen LogP contribution < -0.4 is 10.1 Å². The standard InChI is InChI=1S/C17H15Cl2NO3/c1-23-16-7-5-12(19)10-14(16)15(21)6-8-17(22)20-13-4-2-3-11(18)9-13/h2-5,7,9-10H,6,8H2,1H3,(H,20,22). The first-order chi connectivity index (χ1) is 11.0. The van der Waals surface area contributed by atoms with Crippen molar-refractivity contribution in [1.29, 1.82) is 0 Å². The molecule has 0 aliphatic heterocycles. The van der Waals surface area contributed by atoms with Gasteiger partial charge in [-0.2, -0.15) is 0 Å². The lowest BCUT2D eigenvalue weighted by Gasteiger charge is -2.08. The van der Waals surface area contributed by atoms with Gasteiger partial charge >= 0.3 is 0 Å². The van der Waals surface area contributed by atoms with Crippen molar-refractivity contribution >= 4 is 40.6 Å². The molecular weight excluding hydrogens is 337 g/mol. The molecule has 0 aliphatic rings. The van der Waals surface area contributed by atoms with Crippen LogP contribution in [0.3, 0.4) is 0 Å². The molecule has 0 saturated heterocycles. The van der Waals surface area contributed by atoms with Gasteiger partial charge in [-0.3, -0.25) is 9.59 Å². The number of carbonyl (C=O) groups is 2. The highest BCUT2D eigenvalue weighted by Crippen LogP contribution is 2.24. The average Bonchev–Trinajstić information content (AvgIpc) is 2.52. The summed E-state index contributed by atoms with van der Waals surface area (Å²) < 4.78 is 5.14. The maximum absolute atomic E-state index is 12.2. The monoisotopic (exact) mass is 351 g/mol. The molecule has 23 heavy (non-hydrogen) atoms. The zero-order chi connectivity index (χ0) is 16.8. The normalized spacial score (nSPS) is 10.2. The van der Waals surface area contributed by atoms with Gasteiger partial charge in [0.1, 0.15) is 5.75 Å². The molecule has 0 aromatic heterocycles. The van der Waals surface area contributed by atoms with E-state index in [0.717, 1.165) is 0 Å². The summed E-state index contributed by atoms with van der Waals surface area (Å²) in [4.78, 5) is 24.2. The fourth-order valence-corrected chi connectivity index (χ4v) is 2.41. The van der Waals surface area contributed by atoms with Gasteiger partial charge in [-0.15, -0.1) is 0 Å². The van der Waals surface area contributed by atoms with Crippen molar-refractivity contribution in [2.45, 2.75) is 12.8 Å². The van der Waals surface area contributed by atoms with Gasteiger partial charge < -0.3 is 10.1 Å². The van der Waals surface area contributed by atoms with E-state index in [1.807, 2.05) is 0 Å². The van der Waals surface area contributed by atoms with Crippen molar-refractivity contribution in [3.63, 3.8) is 0 Å². The third-order valence-corrected chi connectivity index (χ3v) is 3.62. The molecule has 120 valence electrons. The van der Waals surface area contributed by atoms with Crippen molar-refractivity contribution in [2.75, 3.05) is 12.4 Å². The number of methoxy groups -OCH3 is 1. The molecule has 0 unspecified atom stereocenters. The maximum Gasteiger partial charge on any atom is 0.224 e. The number of ether oxygens (including phenoxy) is 1. The number of ketones is 1.